The third-order valence-corrected chi connectivity index (χ3v) is 5.45. The van der Waals surface area contributed by atoms with Gasteiger partial charge in [0.2, 0.25) is 0 Å². The summed E-state index contributed by atoms with van der Waals surface area (Å²) in [5.74, 6) is 0.574. The van der Waals surface area contributed by atoms with Gasteiger partial charge in [0.15, 0.2) is 0 Å². The number of hydrogen-bond acceptors (Lipinski definition) is 6. The molecule has 1 heterocycles. The molecule has 142 valence electrons. The lowest BCUT2D eigenvalue weighted by molar-refractivity contribution is 0.386. The standard InChI is InChI=1S/C17H17ClN4O4S/c1-25-13-7-8-16(15(9-13)26-2)27(23,24)21-17-19-11-22(20-17)10-12-5-3-4-6-14(12)18/h3-9,11H,10H2,1-2H3,(H,20,21). The Labute approximate surface area is 161 Å². The number of ether oxygens (including phenoxy) is 2. The molecule has 0 saturated carbocycles. The van der Waals surface area contributed by atoms with E-state index in [1.165, 1.54) is 43.4 Å². The van der Waals surface area contributed by atoms with E-state index in [1.807, 2.05) is 18.2 Å². The van der Waals surface area contributed by atoms with Crippen molar-refractivity contribution in [2.45, 2.75) is 11.4 Å². The monoisotopic (exact) mass is 408 g/mol. The Balaban J connectivity index is 1.81. The molecule has 0 fully saturated rings. The second kappa shape index (κ2) is 7.85. The van der Waals surface area contributed by atoms with Crippen LogP contribution in [-0.4, -0.2) is 37.4 Å². The van der Waals surface area contributed by atoms with Crippen LogP contribution in [0.5, 0.6) is 11.5 Å². The summed E-state index contributed by atoms with van der Waals surface area (Å²) in [6, 6.07) is 11.7. The van der Waals surface area contributed by atoms with E-state index in [1.54, 1.807) is 6.07 Å². The summed E-state index contributed by atoms with van der Waals surface area (Å²) in [4.78, 5) is 3.95. The summed E-state index contributed by atoms with van der Waals surface area (Å²) < 4.78 is 39.4. The molecule has 8 nitrogen and oxygen atoms in total. The average molecular weight is 409 g/mol. The van der Waals surface area contributed by atoms with Crippen LogP contribution in [0.4, 0.5) is 5.95 Å². The fraction of sp³-hybridized carbons (Fsp3) is 0.176. The summed E-state index contributed by atoms with van der Waals surface area (Å²) in [6.07, 6.45) is 1.42. The number of benzene rings is 2. The van der Waals surface area contributed by atoms with E-state index in [0.29, 0.717) is 17.3 Å². The van der Waals surface area contributed by atoms with Gasteiger partial charge in [-0.2, -0.15) is 4.98 Å². The molecule has 1 N–H and O–H groups in total. The van der Waals surface area contributed by atoms with Gasteiger partial charge in [-0.15, -0.1) is 5.10 Å². The number of halogens is 1. The normalized spacial score (nSPS) is 11.2. The molecular formula is C17H17ClN4O4S. The minimum absolute atomic E-state index is 0.0479. The van der Waals surface area contributed by atoms with E-state index in [0.717, 1.165) is 5.56 Å². The highest BCUT2D eigenvalue weighted by Crippen LogP contribution is 2.29. The largest absolute Gasteiger partial charge is 0.497 e. The Bertz CT molecular complexity index is 1050. The van der Waals surface area contributed by atoms with Gasteiger partial charge >= 0.3 is 0 Å². The highest BCUT2D eigenvalue weighted by atomic mass is 35.5. The number of nitrogens with zero attached hydrogens (tertiary/aromatic N) is 3. The molecule has 3 aromatic rings. The molecule has 0 aliphatic heterocycles. The molecule has 0 bridgehead atoms. The van der Waals surface area contributed by atoms with E-state index in [9.17, 15) is 8.42 Å². The molecule has 0 aliphatic carbocycles. The Morgan fingerprint density at radius 1 is 1.15 bits per heavy atom. The van der Waals surface area contributed by atoms with Crippen LogP contribution in [0.1, 0.15) is 5.56 Å². The number of sulfonamides is 1. The molecule has 3 rings (SSSR count). The summed E-state index contributed by atoms with van der Waals surface area (Å²) in [6.45, 7) is 0.361. The fourth-order valence-electron chi connectivity index (χ4n) is 2.39. The van der Waals surface area contributed by atoms with Crippen LogP contribution in [0.15, 0.2) is 53.7 Å². The Kier molecular flexibility index (Phi) is 5.52. The van der Waals surface area contributed by atoms with E-state index >= 15 is 0 Å². The molecule has 0 saturated heterocycles. The molecule has 10 heteroatoms. The smallest absolute Gasteiger partial charge is 0.267 e. The van der Waals surface area contributed by atoms with Gasteiger partial charge in [-0.05, 0) is 23.8 Å². The quantitative estimate of drug-likeness (QED) is 0.645. The SMILES string of the molecule is COc1ccc(S(=O)(=O)Nc2ncn(Cc3ccccc3Cl)n2)c(OC)c1. The zero-order chi connectivity index (χ0) is 19.4. The highest BCUT2D eigenvalue weighted by molar-refractivity contribution is 7.92. The number of rotatable bonds is 7. The average Bonchev–Trinajstić information content (AvgIpc) is 3.09. The molecule has 0 spiro atoms. The Morgan fingerprint density at radius 3 is 2.63 bits per heavy atom. The fourth-order valence-corrected chi connectivity index (χ4v) is 3.68. The number of hydrogen-bond donors (Lipinski definition) is 1. The van der Waals surface area contributed by atoms with Crippen molar-refractivity contribution in [3.05, 3.63) is 59.4 Å². The maximum absolute atomic E-state index is 12.7. The van der Waals surface area contributed by atoms with Crippen molar-refractivity contribution >= 4 is 27.6 Å². The lowest BCUT2D eigenvalue weighted by Gasteiger charge is -2.11. The van der Waals surface area contributed by atoms with Gasteiger partial charge in [0.1, 0.15) is 22.7 Å². The first kappa shape index (κ1) is 19.0. The van der Waals surface area contributed by atoms with Crippen LogP contribution in [0.2, 0.25) is 5.02 Å². The first-order valence-corrected chi connectivity index (χ1v) is 9.67. The first-order valence-electron chi connectivity index (χ1n) is 7.80. The lowest BCUT2D eigenvalue weighted by Crippen LogP contribution is -2.15. The highest BCUT2D eigenvalue weighted by Gasteiger charge is 2.22. The number of nitrogens with one attached hydrogen (secondary N) is 1. The van der Waals surface area contributed by atoms with Gasteiger partial charge in [-0.1, -0.05) is 29.8 Å². The summed E-state index contributed by atoms with van der Waals surface area (Å²) in [5, 5.41) is 4.73. The molecular weight excluding hydrogens is 392 g/mol. The summed E-state index contributed by atoms with van der Waals surface area (Å²) in [7, 11) is -1.08. The van der Waals surface area contributed by atoms with Gasteiger partial charge in [-0.3, -0.25) is 0 Å². The molecule has 0 aliphatic rings. The van der Waals surface area contributed by atoms with Gasteiger partial charge in [0.25, 0.3) is 16.0 Å². The molecule has 27 heavy (non-hydrogen) atoms. The Hall–Kier alpha value is -2.78. The summed E-state index contributed by atoms with van der Waals surface area (Å²) in [5.41, 5.74) is 0.843. The Morgan fingerprint density at radius 2 is 1.93 bits per heavy atom. The molecule has 0 amide bonds. The van der Waals surface area contributed by atoms with E-state index < -0.39 is 10.0 Å². The maximum Gasteiger partial charge on any atom is 0.267 e. The second-order valence-electron chi connectivity index (χ2n) is 5.48. The number of aromatic nitrogens is 3. The minimum Gasteiger partial charge on any atom is -0.497 e. The van der Waals surface area contributed by atoms with Crippen molar-refractivity contribution in [3.8, 4) is 11.5 Å². The van der Waals surface area contributed by atoms with Crippen molar-refractivity contribution in [1.82, 2.24) is 14.8 Å². The van der Waals surface area contributed by atoms with Crippen LogP contribution in [0.3, 0.4) is 0 Å². The third-order valence-electron chi connectivity index (χ3n) is 3.71. The predicted octanol–water partition coefficient (Wildman–Crippen LogP) is 2.80. The van der Waals surface area contributed by atoms with E-state index in [-0.39, 0.29) is 16.6 Å². The zero-order valence-electron chi connectivity index (χ0n) is 14.6. The lowest BCUT2D eigenvalue weighted by atomic mass is 10.2. The minimum atomic E-state index is -3.94. The number of methoxy groups -OCH3 is 2. The van der Waals surface area contributed by atoms with Crippen molar-refractivity contribution in [3.63, 3.8) is 0 Å². The van der Waals surface area contributed by atoms with Crippen LogP contribution in [-0.2, 0) is 16.6 Å². The molecule has 0 unspecified atom stereocenters. The topological polar surface area (TPSA) is 95.3 Å². The van der Waals surface area contributed by atoms with Crippen LogP contribution in [0, 0.1) is 0 Å². The van der Waals surface area contributed by atoms with E-state index in [4.69, 9.17) is 21.1 Å². The molecule has 0 atom stereocenters. The molecule has 1 aromatic heterocycles. The molecule has 2 aromatic carbocycles. The van der Waals surface area contributed by atoms with E-state index in [2.05, 4.69) is 14.8 Å². The van der Waals surface area contributed by atoms with Crippen molar-refractivity contribution < 1.29 is 17.9 Å². The maximum atomic E-state index is 12.7. The van der Waals surface area contributed by atoms with Crippen LogP contribution in [0.25, 0.3) is 0 Å². The van der Waals surface area contributed by atoms with Gasteiger partial charge in [0.05, 0.1) is 20.8 Å². The first-order chi connectivity index (χ1) is 12.9. The second-order valence-corrected chi connectivity index (χ2v) is 7.54. The van der Waals surface area contributed by atoms with Gasteiger partial charge in [0, 0.05) is 11.1 Å². The van der Waals surface area contributed by atoms with Gasteiger partial charge < -0.3 is 9.47 Å². The van der Waals surface area contributed by atoms with Gasteiger partial charge in [-0.25, -0.2) is 17.8 Å². The third kappa shape index (κ3) is 4.32. The summed E-state index contributed by atoms with van der Waals surface area (Å²) >= 11 is 6.13. The number of anilines is 1. The van der Waals surface area contributed by atoms with Crippen molar-refractivity contribution in [2.75, 3.05) is 18.9 Å². The van der Waals surface area contributed by atoms with Crippen LogP contribution < -0.4 is 14.2 Å². The van der Waals surface area contributed by atoms with Crippen molar-refractivity contribution in [2.24, 2.45) is 0 Å². The van der Waals surface area contributed by atoms with Crippen LogP contribution >= 0.6 is 11.6 Å². The predicted molar refractivity (Wildman–Crippen MR) is 101 cm³/mol. The zero-order valence-corrected chi connectivity index (χ0v) is 16.2. The van der Waals surface area contributed by atoms with Crippen molar-refractivity contribution in [1.29, 1.82) is 0 Å². The molecule has 0 radical (unpaired) electrons.